The zero-order valence-corrected chi connectivity index (χ0v) is 14.4. The van der Waals surface area contributed by atoms with Gasteiger partial charge in [0, 0.05) is 11.8 Å². The highest BCUT2D eigenvalue weighted by Crippen LogP contribution is 2.54. The van der Waals surface area contributed by atoms with Crippen molar-refractivity contribution in [3.63, 3.8) is 0 Å². The minimum absolute atomic E-state index is 0.0517. The van der Waals surface area contributed by atoms with Crippen molar-refractivity contribution in [3.8, 4) is 23.0 Å². The van der Waals surface area contributed by atoms with E-state index in [0.717, 1.165) is 22.6 Å². The second kappa shape index (κ2) is 5.76. The normalized spacial score (nSPS) is 32.7. The van der Waals surface area contributed by atoms with Gasteiger partial charge in [0.15, 0.2) is 29.3 Å². The van der Waals surface area contributed by atoms with E-state index in [1.54, 1.807) is 0 Å². The monoisotopic (exact) mass is 370 g/mol. The lowest BCUT2D eigenvalue weighted by Gasteiger charge is -2.20. The van der Waals surface area contributed by atoms with Crippen LogP contribution in [-0.2, 0) is 9.47 Å². The molecule has 2 fully saturated rings. The van der Waals surface area contributed by atoms with Gasteiger partial charge in [-0.2, -0.15) is 0 Å². The van der Waals surface area contributed by atoms with Crippen LogP contribution >= 0.6 is 0 Å². The van der Waals surface area contributed by atoms with Gasteiger partial charge in [-0.15, -0.1) is 0 Å². The summed E-state index contributed by atoms with van der Waals surface area (Å²) >= 11 is 0. The second-order valence-corrected chi connectivity index (χ2v) is 7.17. The molecular formula is C20H18O7. The number of aliphatic hydroxyl groups is 1. The van der Waals surface area contributed by atoms with Gasteiger partial charge < -0.3 is 33.5 Å². The molecule has 6 rings (SSSR count). The number of rotatable bonds is 2. The quantitative estimate of drug-likeness (QED) is 0.871. The second-order valence-electron chi connectivity index (χ2n) is 7.17. The van der Waals surface area contributed by atoms with Crippen LogP contribution in [0.1, 0.15) is 23.3 Å². The maximum atomic E-state index is 10.6. The van der Waals surface area contributed by atoms with Crippen LogP contribution in [0.15, 0.2) is 36.4 Å². The van der Waals surface area contributed by atoms with Gasteiger partial charge in [0.2, 0.25) is 13.6 Å². The van der Waals surface area contributed by atoms with Crippen molar-refractivity contribution in [2.24, 2.45) is 11.8 Å². The lowest BCUT2D eigenvalue weighted by molar-refractivity contribution is -0.134. The first kappa shape index (κ1) is 15.6. The van der Waals surface area contributed by atoms with Crippen molar-refractivity contribution in [3.05, 3.63) is 47.5 Å². The molecule has 7 heteroatoms. The highest BCUT2D eigenvalue weighted by molar-refractivity contribution is 5.47. The zero-order valence-electron chi connectivity index (χ0n) is 14.4. The van der Waals surface area contributed by atoms with Gasteiger partial charge in [-0.05, 0) is 35.4 Å². The van der Waals surface area contributed by atoms with Crippen LogP contribution in [0.4, 0.5) is 0 Å². The molecule has 0 aliphatic carbocycles. The molecule has 27 heavy (non-hydrogen) atoms. The first-order chi connectivity index (χ1) is 13.3. The van der Waals surface area contributed by atoms with Gasteiger partial charge >= 0.3 is 0 Å². The number of benzene rings is 2. The highest BCUT2D eigenvalue weighted by Gasteiger charge is 2.53. The van der Waals surface area contributed by atoms with Crippen LogP contribution in [0.3, 0.4) is 0 Å². The standard InChI is InChI=1S/C20H18O7/c21-20-17-12(18(27-20)10-1-3-13-15(5-10)25-8-23-13)7-22-19(17)11-2-4-14-16(6-11)26-9-24-14/h1-6,12,17-21H,7-9H2/t12-,17-,18+,19-,20?/m0/s1. The molecule has 7 nitrogen and oxygen atoms in total. The van der Waals surface area contributed by atoms with Crippen LogP contribution in [-0.4, -0.2) is 31.6 Å². The van der Waals surface area contributed by atoms with Crippen molar-refractivity contribution >= 4 is 0 Å². The Hall–Kier alpha value is -2.48. The Labute approximate surface area is 155 Å². The topological polar surface area (TPSA) is 75.6 Å². The molecular weight excluding hydrogens is 352 g/mol. The Kier molecular flexibility index (Phi) is 3.32. The van der Waals surface area contributed by atoms with E-state index in [1.165, 1.54) is 0 Å². The Morgan fingerprint density at radius 2 is 1.33 bits per heavy atom. The van der Waals surface area contributed by atoms with Crippen molar-refractivity contribution < 1.29 is 33.5 Å². The number of hydrogen-bond donors (Lipinski definition) is 1. The minimum Gasteiger partial charge on any atom is -0.454 e. The molecule has 0 saturated carbocycles. The average Bonchev–Trinajstić information content (AvgIpc) is 3.45. The molecule has 0 amide bonds. The zero-order chi connectivity index (χ0) is 18.0. The van der Waals surface area contributed by atoms with Gasteiger partial charge in [0.1, 0.15) is 0 Å². The molecule has 2 aromatic carbocycles. The Balaban J connectivity index is 1.30. The van der Waals surface area contributed by atoms with E-state index in [1.807, 2.05) is 36.4 Å². The number of aliphatic hydroxyl groups excluding tert-OH is 1. The minimum atomic E-state index is -0.900. The van der Waals surface area contributed by atoms with E-state index >= 15 is 0 Å². The SMILES string of the molecule is OC1O[C@H](c2ccc3c(c2)OCO3)[C@H]2CO[C@@H](c3ccc4c(c3)OCO4)[C@@H]12. The summed E-state index contributed by atoms with van der Waals surface area (Å²) in [7, 11) is 0. The molecule has 140 valence electrons. The summed E-state index contributed by atoms with van der Waals surface area (Å²) in [6, 6.07) is 11.5. The molecule has 4 aliphatic heterocycles. The fraction of sp³-hybridized carbons (Fsp3) is 0.400. The highest BCUT2D eigenvalue weighted by atomic mass is 16.7. The molecule has 5 atom stereocenters. The Morgan fingerprint density at radius 1 is 0.741 bits per heavy atom. The van der Waals surface area contributed by atoms with Gasteiger partial charge in [0.25, 0.3) is 0 Å². The van der Waals surface area contributed by atoms with Crippen molar-refractivity contribution in [2.75, 3.05) is 20.2 Å². The third kappa shape index (κ3) is 2.32. The number of hydrogen-bond acceptors (Lipinski definition) is 7. The first-order valence-electron chi connectivity index (χ1n) is 9.02. The number of ether oxygens (including phenoxy) is 6. The van der Waals surface area contributed by atoms with Gasteiger partial charge in [0.05, 0.1) is 18.8 Å². The average molecular weight is 370 g/mol. The predicted octanol–water partition coefficient (Wildman–Crippen LogP) is 2.54. The summed E-state index contributed by atoms with van der Waals surface area (Å²) in [5.74, 6) is 2.78. The lowest BCUT2D eigenvalue weighted by atomic mass is 9.84. The molecule has 0 aromatic heterocycles. The molecule has 1 N–H and O–H groups in total. The maximum Gasteiger partial charge on any atom is 0.231 e. The van der Waals surface area contributed by atoms with Crippen LogP contribution in [0, 0.1) is 11.8 Å². The summed E-state index contributed by atoms with van der Waals surface area (Å²) in [4.78, 5) is 0. The van der Waals surface area contributed by atoms with E-state index in [0.29, 0.717) is 18.1 Å². The molecule has 2 saturated heterocycles. The third-order valence-corrected chi connectivity index (χ3v) is 5.77. The first-order valence-corrected chi connectivity index (χ1v) is 9.02. The summed E-state index contributed by atoms with van der Waals surface area (Å²) in [6.45, 7) is 0.975. The van der Waals surface area contributed by atoms with Crippen molar-refractivity contribution in [1.29, 1.82) is 0 Å². The summed E-state index contributed by atoms with van der Waals surface area (Å²) in [5.41, 5.74) is 1.92. The molecule has 4 aliphatic rings. The summed E-state index contributed by atoms with van der Waals surface area (Å²) in [5, 5.41) is 10.6. The molecule has 4 heterocycles. The van der Waals surface area contributed by atoms with Crippen LogP contribution in [0.5, 0.6) is 23.0 Å². The maximum absolute atomic E-state index is 10.6. The van der Waals surface area contributed by atoms with E-state index in [9.17, 15) is 5.11 Å². The van der Waals surface area contributed by atoms with E-state index in [2.05, 4.69) is 0 Å². The third-order valence-electron chi connectivity index (χ3n) is 5.77. The Morgan fingerprint density at radius 3 is 2.00 bits per heavy atom. The van der Waals surface area contributed by atoms with Crippen LogP contribution < -0.4 is 18.9 Å². The smallest absolute Gasteiger partial charge is 0.231 e. The predicted molar refractivity (Wildman–Crippen MR) is 90.6 cm³/mol. The van der Waals surface area contributed by atoms with E-state index < -0.39 is 6.29 Å². The largest absolute Gasteiger partial charge is 0.454 e. The fourth-order valence-electron chi connectivity index (χ4n) is 4.48. The molecule has 0 spiro atoms. The van der Waals surface area contributed by atoms with Crippen molar-refractivity contribution in [1.82, 2.24) is 0 Å². The van der Waals surface area contributed by atoms with Gasteiger partial charge in [-0.1, -0.05) is 12.1 Å². The van der Waals surface area contributed by atoms with Gasteiger partial charge in [-0.25, -0.2) is 0 Å². The summed E-state index contributed by atoms with van der Waals surface area (Å²) < 4.78 is 33.7. The molecule has 1 unspecified atom stereocenters. The molecule has 2 aromatic rings. The Bertz CT molecular complexity index is 842. The van der Waals surface area contributed by atoms with Crippen LogP contribution in [0.2, 0.25) is 0 Å². The molecule has 0 bridgehead atoms. The van der Waals surface area contributed by atoms with E-state index in [-0.39, 0.29) is 37.6 Å². The number of fused-ring (bicyclic) bond motifs is 3. The molecule has 0 radical (unpaired) electrons. The van der Waals surface area contributed by atoms with Crippen molar-refractivity contribution in [2.45, 2.75) is 18.5 Å². The summed E-state index contributed by atoms with van der Waals surface area (Å²) in [6.07, 6.45) is -1.40. The van der Waals surface area contributed by atoms with Gasteiger partial charge in [-0.3, -0.25) is 0 Å². The fourth-order valence-corrected chi connectivity index (χ4v) is 4.48. The lowest BCUT2D eigenvalue weighted by Crippen LogP contribution is -2.22. The van der Waals surface area contributed by atoms with Crippen LogP contribution in [0.25, 0.3) is 0 Å². The van der Waals surface area contributed by atoms with E-state index in [4.69, 9.17) is 28.4 Å².